The molecule has 21 heavy (non-hydrogen) atoms. The fourth-order valence-electron chi connectivity index (χ4n) is 2.05. The smallest absolute Gasteiger partial charge is 0.0648 e. The predicted octanol–water partition coefficient (Wildman–Crippen LogP) is 2.00. The van der Waals surface area contributed by atoms with Crippen LogP contribution < -0.4 is 21.3 Å². The van der Waals surface area contributed by atoms with Crippen LogP contribution in [0.4, 0.5) is 0 Å². The Bertz CT molecular complexity index is 354. The Labute approximate surface area is 135 Å². The third-order valence-corrected chi connectivity index (χ3v) is 3.88. The van der Waals surface area contributed by atoms with Crippen LogP contribution in [0.3, 0.4) is 0 Å². The lowest BCUT2D eigenvalue weighted by Gasteiger charge is -2.28. The monoisotopic (exact) mass is 312 g/mol. The zero-order valence-electron chi connectivity index (χ0n) is 13.9. The fourth-order valence-corrected chi connectivity index (χ4v) is 2.30. The lowest BCUT2D eigenvalue weighted by atomic mass is 10.1. The van der Waals surface area contributed by atoms with Crippen molar-refractivity contribution in [3.63, 3.8) is 0 Å². The van der Waals surface area contributed by atoms with Gasteiger partial charge in [-0.2, -0.15) is 12.6 Å². The van der Waals surface area contributed by atoms with E-state index in [1.165, 1.54) is 0 Å². The second-order valence-corrected chi connectivity index (χ2v) is 5.60. The maximum atomic E-state index is 4.28. The second-order valence-electron chi connectivity index (χ2n) is 5.15. The Morgan fingerprint density at radius 3 is 2.05 bits per heavy atom. The number of hydrogen-bond acceptors (Lipinski definition) is 5. The zero-order valence-corrected chi connectivity index (χ0v) is 14.8. The topological polar surface area (TPSA) is 48.1 Å². The highest BCUT2D eigenvalue weighted by Gasteiger charge is 2.16. The predicted molar refractivity (Wildman–Crippen MR) is 97.6 cm³/mol. The molecule has 4 nitrogen and oxygen atoms in total. The molecule has 0 radical (unpaired) electrons. The van der Waals surface area contributed by atoms with E-state index in [0.29, 0.717) is 0 Å². The Balaban J connectivity index is 4.50. The molecule has 0 saturated heterocycles. The molecule has 0 aromatic heterocycles. The first-order chi connectivity index (χ1) is 9.90. The molecule has 0 aliphatic rings. The van der Waals surface area contributed by atoms with Crippen molar-refractivity contribution in [2.24, 2.45) is 0 Å². The molecule has 0 aromatic carbocycles. The van der Waals surface area contributed by atoms with Crippen molar-refractivity contribution in [2.75, 3.05) is 19.8 Å². The van der Waals surface area contributed by atoms with Crippen molar-refractivity contribution >= 4 is 12.6 Å². The van der Waals surface area contributed by atoms with Gasteiger partial charge in [-0.05, 0) is 32.6 Å². The van der Waals surface area contributed by atoms with Gasteiger partial charge < -0.3 is 21.3 Å². The molecule has 0 saturated carbocycles. The lowest BCUT2D eigenvalue weighted by molar-refractivity contribution is 0.513. The van der Waals surface area contributed by atoms with Gasteiger partial charge in [0.2, 0.25) is 0 Å². The van der Waals surface area contributed by atoms with Crippen molar-refractivity contribution < 1.29 is 0 Å². The molecule has 0 aliphatic heterocycles. The van der Waals surface area contributed by atoms with Crippen molar-refractivity contribution in [2.45, 2.75) is 44.8 Å². The van der Waals surface area contributed by atoms with Gasteiger partial charge in [0, 0.05) is 30.2 Å². The molecule has 0 amide bonds. The Kier molecular flexibility index (Phi) is 10.1. The zero-order chi connectivity index (χ0) is 16.4. The molecule has 0 spiro atoms. The van der Waals surface area contributed by atoms with Crippen LogP contribution in [0.25, 0.3) is 0 Å². The van der Waals surface area contributed by atoms with Crippen LogP contribution in [0, 0.1) is 0 Å². The molecule has 122 valence electrons. The normalized spacial score (nSPS) is 14.7. The minimum absolute atomic E-state index is 0.0898. The Hall–Kier alpha value is -1.07. The van der Waals surface area contributed by atoms with Crippen molar-refractivity contribution in [3.8, 4) is 0 Å². The first-order valence-electron chi connectivity index (χ1n) is 7.46. The van der Waals surface area contributed by atoms with Crippen LogP contribution in [-0.4, -0.2) is 38.0 Å². The summed E-state index contributed by atoms with van der Waals surface area (Å²) in [5.41, 5.74) is 2.86. The van der Waals surface area contributed by atoms with E-state index in [-0.39, 0.29) is 18.1 Å². The minimum atomic E-state index is 0.0898. The summed E-state index contributed by atoms with van der Waals surface area (Å²) in [6.45, 7) is 16.4. The first-order valence-corrected chi connectivity index (χ1v) is 8.09. The van der Waals surface area contributed by atoms with Crippen molar-refractivity contribution in [1.82, 2.24) is 21.3 Å². The molecule has 0 bridgehead atoms. The molecule has 0 heterocycles. The van der Waals surface area contributed by atoms with Crippen LogP contribution in [0.2, 0.25) is 0 Å². The molecule has 3 atom stereocenters. The number of nitrogens with one attached hydrogen (secondary N) is 4. The summed E-state index contributed by atoms with van der Waals surface area (Å²) < 4.78 is 0. The van der Waals surface area contributed by atoms with Gasteiger partial charge in [-0.25, -0.2) is 0 Å². The van der Waals surface area contributed by atoms with Crippen LogP contribution in [-0.2, 0) is 0 Å². The average molecular weight is 313 g/mol. The van der Waals surface area contributed by atoms with Gasteiger partial charge in [0.25, 0.3) is 0 Å². The number of hydrogen-bond donors (Lipinski definition) is 5. The standard InChI is InChI=1S/C16H32N4S/c1-8-15(13(4)17-6)20-12(3)11(2)19-14(5)16(18-7)9-10-21/h11,15-21H,3-5,8-10H2,1-2,6-7H3. The summed E-state index contributed by atoms with van der Waals surface area (Å²) >= 11 is 4.28. The molecule has 0 rings (SSSR count). The molecule has 4 N–H and O–H groups in total. The molecular weight excluding hydrogens is 280 g/mol. The molecule has 0 aliphatic carbocycles. The van der Waals surface area contributed by atoms with Gasteiger partial charge in [0.05, 0.1) is 12.1 Å². The molecule has 0 fully saturated rings. The van der Waals surface area contributed by atoms with Gasteiger partial charge >= 0.3 is 0 Å². The number of rotatable bonds is 12. The van der Waals surface area contributed by atoms with Crippen molar-refractivity contribution in [1.29, 1.82) is 0 Å². The molecule has 0 aromatic rings. The van der Waals surface area contributed by atoms with E-state index >= 15 is 0 Å². The molecule has 5 heteroatoms. The third-order valence-electron chi connectivity index (χ3n) is 3.62. The van der Waals surface area contributed by atoms with Crippen LogP contribution in [0.15, 0.2) is 36.8 Å². The van der Waals surface area contributed by atoms with Gasteiger partial charge in [0.15, 0.2) is 0 Å². The highest BCUT2D eigenvalue weighted by molar-refractivity contribution is 7.80. The average Bonchev–Trinajstić information content (AvgIpc) is 2.48. The SMILES string of the molecule is C=C(NC(CC)C(=C)NC)C(C)NC(=C)C(CCS)NC. The first kappa shape index (κ1) is 19.9. The van der Waals surface area contributed by atoms with Gasteiger partial charge in [-0.3, -0.25) is 0 Å². The van der Waals surface area contributed by atoms with E-state index in [9.17, 15) is 0 Å². The van der Waals surface area contributed by atoms with E-state index in [2.05, 4.69) is 67.5 Å². The van der Waals surface area contributed by atoms with E-state index in [4.69, 9.17) is 0 Å². The summed E-state index contributed by atoms with van der Waals surface area (Å²) in [7, 11) is 3.82. The quantitative estimate of drug-likeness (QED) is 0.358. The summed E-state index contributed by atoms with van der Waals surface area (Å²) in [6.07, 6.45) is 1.89. The third kappa shape index (κ3) is 6.96. The van der Waals surface area contributed by atoms with E-state index in [1.807, 2.05) is 14.1 Å². The summed E-state index contributed by atoms with van der Waals surface area (Å²) in [5, 5.41) is 13.1. The van der Waals surface area contributed by atoms with Gasteiger partial charge in [-0.1, -0.05) is 26.7 Å². The van der Waals surface area contributed by atoms with E-state index in [0.717, 1.165) is 35.7 Å². The minimum Gasteiger partial charge on any atom is -0.390 e. The van der Waals surface area contributed by atoms with Crippen LogP contribution in [0.5, 0.6) is 0 Å². The fraction of sp³-hybridized carbons (Fsp3) is 0.625. The van der Waals surface area contributed by atoms with E-state index in [1.54, 1.807) is 0 Å². The summed E-state index contributed by atoms with van der Waals surface area (Å²) in [6, 6.07) is 0.483. The number of thiol groups is 1. The Morgan fingerprint density at radius 2 is 1.62 bits per heavy atom. The van der Waals surface area contributed by atoms with E-state index < -0.39 is 0 Å². The van der Waals surface area contributed by atoms with Crippen LogP contribution in [0.1, 0.15) is 26.7 Å². The highest BCUT2D eigenvalue weighted by Crippen LogP contribution is 2.08. The van der Waals surface area contributed by atoms with Crippen molar-refractivity contribution in [3.05, 3.63) is 36.8 Å². The highest BCUT2D eigenvalue weighted by atomic mass is 32.1. The lowest BCUT2D eigenvalue weighted by Crippen LogP contribution is -2.43. The largest absolute Gasteiger partial charge is 0.390 e. The number of likely N-dealkylation sites (N-methyl/N-ethyl adjacent to an activating group) is 2. The molecular formula is C16H32N4S. The maximum Gasteiger partial charge on any atom is 0.0648 e. The summed E-state index contributed by atoms with van der Waals surface area (Å²) in [4.78, 5) is 0. The van der Waals surface area contributed by atoms with Crippen LogP contribution >= 0.6 is 12.6 Å². The van der Waals surface area contributed by atoms with Gasteiger partial charge in [-0.15, -0.1) is 0 Å². The maximum absolute atomic E-state index is 4.28. The Morgan fingerprint density at radius 1 is 1.00 bits per heavy atom. The molecule has 3 unspecified atom stereocenters. The van der Waals surface area contributed by atoms with Gasteiger partial charge in [0.1, 0.15) is 0 Å². The summed E-state index contributed by atoms with van der Waals surface area (Å²) in [5.74, 6) is 0.819. The second kappa shape index (κ2) is 10.6.